The molecule has 3 rings (SSSR count). The summed E-state index contributed by atoms with van der Waals surface area (Å²) in [4.78, 5) is 27.4. The van der Waals surface area contributed by atoms with Gasteiger partial charge in [-0.3, -0.25) is 9.59 Å². The van der Waals surface area contributed by atoms with Crippen molar-refractivity contribution in [2.75, 3.05) is 5.32 Å². The molecule has 26 heavy (non-hydrogen) atoms. The number of oxazole rings is 1. The maximum atomic E-state index is 13.9. The lowest BCUT2D eigenvalue weighted by Crippen LogP contribution is -2.24. The van der Waals surface area contributed by atoms with Gasteiger partial charge in [0.2, 0.25) is 11.8 Å². The first-order valence-corrected chi connectivity index (χ1v) is 7.88. The fourth-order valence-corrected chi connectivity index (χ4v) is 2.36. The van der Waals surface area contributed by atoms with Crippen LogP contribution in [0.3, 0.4) is 0 Å². The first kappa shape index (κ1) is 17.3. The highest BCUT2D eigenvalue weighted by Crippen LogP contribution is 2.20. The Morgan fingerprint density at radius 2 is 1.92 bits per heavy atom. The van der Waals surface area contributed by atoms with Crippen molar-refractivity contribution in [3.63, 3.8) is 0 Å². The fraction of sp³-hybridized carbons (Fsp3) is 0.105. The van der Waals surface area contributed by atoms with E-state index in [2.05, 4.69) is 15.6 Å². The Morgan fingerprint density at radius 1 is 1.15 bits per heavy atom. The Hall–Kier alpha value is -3.48. The van der Waals surface area contributed by atoms with Crippen molar-refractivity contribution >= 4 is 17.5 Å². The molecule has 1 aromatic heterocycles. The summed E-state index contributed by atoms with van der Waals surface area (Å²) in [6.45, 7) is 1.34. The van der Waals surface area contributed by atoms with Crippen molar-refractivity contribution in [3.8, 4) is 11.3 Å². The summed E-state index contributed by atoms with van der Waals surface area (Å²) in [5, 5.41) is 5.06. The minimum Gasteiger partial charge on any atom is -0.439 e. The molecule has 0 bridgehead atoms. The third kappa shape index (κ3) is 4.13. The van der Waals surface area contributed by atoms with Gasteiger partial charge >= 0.3 is 0 Å². The zero-order valence-corrected chi connectivity index (χ0v) is 14.0. The highest BCUT2D eigenvalue weighted by Gasteiger charge is 2.14. The maximum Gasteiger partial charge on any atom is 0.254 e. The molecule has 6 nitrogen and oxygen atoms in total. The molecule has 0 fully saturated rings. The molecule has 3 aromatic rings. The molecule has 0 spiro atoms. The lowest BCUT2D eigenvalue weighted by molar-refractivity contribution is -0.114. The maximum absolute atomic E-state index is 13.9. The van der Waals surface area contributed by atoms with E-state index in [0.29, 0.717) is 17.3 Å². The Bertz CT molecular complexity index is 938. The van der Waals surface area contributed by atoms with E-state index in [1.807, 2.05) is 30.3 Å². The normalized spacial score (nSPS) is 10.4. The second-order valence-electron chi connectivity index (χ2n) is 5.54. The van der Waals surface area contributed by atoms with Crippen molar-refractivity contribution < 1.29 is 18.4 Å². The number of carbonyl (C=O) groups is 2. The van der Waals surface area contributed by atoms with Gasteiger partial charge in [-0.15, -0.1) is 0 Å². The largest absolute Gasteiger partial charge is 0.439 e. The first-order chi connectivity index (χ1) is 12.5. The molecule has 0 radical (unpaired) electrons. The van der Waals surface area contributed by atoms with E-state index in [0.717, 1.165) is 11.6 Å². The number of benzene rings is 2. The summed E-state index contributed by atoms with van der Waals surface area (Å²) in [5.41, 5.74) is 1.03. The number of halogens is 1. The number of carbonyl (C=O) groups excluding carboxylic acids is 2. The van der Waals surface area contributed by atoms with Crippen LogP contribution in [-0.4, -0.2) is 16.8 Å². The van der Waals surface area contributed by atoms with Gasteiger partial charge in [0.1, 0.15) is 5.82 Å². The molecule has 132 valence electrons. The van der Waals surface area contributed by atoms with E-state index < -0.39 is 11.7 Å². The zero-order valence-electron chi connectivity index (χ0n) is 14.0. The molecule has 0 aliphatic heterocycles. The van der Waals surface area contributed by atoms with Gasteiger partial charge in [0.05, 0.1) is 18.3 Å². The molecule has 0 aliphatic rings. The monoisotopic (exact) mass is 353 g/mol. The van der Waals surface area contributed by atoms with Crippen LogP contribution in [0, 0.1) is 5.82 Å². The predicted molar refractivity (Wildman–Crippen MR) is 93.8 cm³/mol. The van der Waals surface area contributed by atoms with Crippen molar-refractivity contribution in [3.05, 3.63) is 72.0 Å². The second-order valence-corrected chi connectivity index (χ2v) is 5.54. The van der Waals surface area contributed by atoms with Gasteiger partial charge in [-0.05, 0) is 18.2 Å². The molecule has 0 aliphatic carbocycles. The molecule has 1 heterocycles. The second kappa shape index (κ2) is 7.60. The van der Waals surface area contributed by atoms with Gasteiger partial charge in [-0.2, -0.15) is 0 Å². The summed E-state index contributed by atoms with van der Waals surface area (Å²) in [5.74, 6) is -0.747. The van der Waals surface area contributed by atoms with Crippen LogP contribution in [0.2, 0.25) is 0 Å². The Morgan fingerprint density at radius 3 is 2.65 bits per heavy atom. The number of anilines is 1. The van der Waals surface area contributed by atoms with Crippen LogP contribution >= 0.6 is 0 Å². The third-order valence-electron chi connectivity index (χ3n) is 3.54. The smallest absolute Gasteiger partial charge is 0.254 e. The van der Waals surface area contributed by atoms with Crippen LogP contribution in [0.5, 0.6) is 0 Å². The van der Waals surface area contributed by atoms with Gasteiger partial charge in [0.25, 0.3) is 5.91 Å². The average molecular weight is 353 g/mol. The van der Waals surface area contributed by atoms with E-state index in [9.17, 15) is 14.0 Å². The standard InChI is InChI=1S/C19H16FN3O3/c1-12(24)23-14-7-8-16(20)15(9-14)19(25)22-11-18-21-10-17(26-18)13-5-3-2-4-6-13/h2-10H,11H2,1H3,(H,22,25)(H,23,24). The third-order valence-corrected chi connectivity index (χ3v) is 3.54. The lowest BCUT2D eigenvalue weighted by atomic mass is 10.1. The summed E-state index contributed by atoms with van der Waals surface area (Å²) in [6, 6.07) is 13.2. The topological polar surface area (TPSA) is 84.2 Å². The van der Waals surface area contributed by atoms with Crippen molar-refractivity contribution in [2.24, 2.45) is 0 Å². The number of hydrogen-bond acceptors (Lipinski definition) is 4. The summed E-state index contributed by atoms with van der Waals surface area (Å²) in [7, 11) is 0. The number of aromatic nitrogens is 1. The van der Waals surface area contributed by atoms with E-state index in [1.54, 1.807) is 6.20 Å². The SMILES string of the molecule is CC(=O)Nc1ccc(F)c(C(=O)NCc2ncc(-c3ccccc3)o2)c1. The molecule has 2 aromatic carbocycles. The van der Waals surface area contributed by atoms with Crippen molar-refractivity contribution in [2.45, 2.75) is 13.5 Å². The Kier molecular flexibility index (Phi) is 5.07. The molecule has 2 N–H and O–H groups in total. The van der Waals surface area contributed by atoms with Crippen molar-refractivity contribution in [1.82, 2.24) is 10.3 Å². The lowest BCUT2D eigenvalue weighted by Gasteiger charge is -2.07. The highest BCUT2D eigenvalue weighted by molar-refractivity contribution is 5.97. The van der Waals surface area contributed by atoms with E-state index in [1.165, 1.54) is 19.1 Å². The first-order valence-electron chi connectivity index (χ1n) is 7.88. The fourth-order valence-electron chi connectivity index (χ4n) is 2.36. The number of nitrogens with zero attached hydrogens (tertiary/aromatic N) is 1. The van der Waals surface area contributed by atoms with Crippen molar-refractivity contribution in [1.29, 1.82) is 0 Å². The summed E-state index contributed by atoms with van der Waals surface area (Å²) < 4.78 is 19.5. The molecule has 0 atom stereocenters. The van der Waals surface area contributed by atoms with Crippen LogP contribution in [0.4, 0.5) is 10.1 Å². The quantitative estimate of drug-likeness (QED) is 0.737. The van der Waals surface area contributed by atoms with Gasteiger partial charge in [0, 0.05) is 18.2 Å². The number of rotatable bonds is 5. The van der Waals surface area contributed by atoms with Gasteiger partial charge < -0.3 is 15.1 Å². The molecule has 0 saturated heterocycles. The Labute approximate surface area is 149 Å². The predicted octanol–water partition coefficient (Wildman–Crippen LogP) is 3.37. The molecular weight excluding hydrogens is 337 g/mol. The molecule has 2 amide bonds. The Balaban J connectivity index is 1.68. The number of amides is 2. The summed E-state index contributed by atoms with van der Waals surface area (Å²) >= 11 is 0. The number of hydrogen-bond donors (Lipinski definition) is 2. The van der Waals surface area contributed by atoms with Gasteiger partial charge in [0.15, 0.2) is 5.76 Å². The van der Waals surface area contributed by atoms with Crippen LogP contribution < -0.4 is 10.6 Å². The average Bonchev–Trinajstić information content (AvgIpc) is 3.11. The minimum absolute atomic E-state index is 0.00940. The van der Waals surface area contributed by atoms with Crippen LogP contribution in [0.25, 0.3) is 11.3 Å². The molecule has 7 heteroatoms. The highest BCUT2D eigenvalue weighted by atomic mass is 19.1. The van der Waals surface area contributed by atoms with E-state index in [-0.39, 0.29) is 18.0 Å². The van der Waals surface area contributed by atoms with E-state index >= 15 is 0 Å². The van der Waals surface area contributed by atoms with Crippen LogP contribution in [-0.2, 0) is 11.3 Å². The van der Waals surface area contributed by atoms with E-state index in [4.69, 9.17) is 4.42 Å². The molecular formula is C19H16FN3O3. The minimum atomic E-state index is -0.686. The molecule has 0 unspecified atom stereocenters. The zero-order chi connectivity index (χ0) is 18.5. The van der Waals surface area contributed by atoms with Gasteiger partial charge in [-0.25, -0.2) is 9.37 Å². The van der Waals surface area contributed by atoms with Crippen LogP contribution in [0.15, 0.2) is 59.1 Å². The summed E-state index contributed by atoms with van der Waals surface area (Å²) in [6.07, 6.45) is 1.56. The molecule has 0 saturated carbocycles. The van der Waals surface area contributed by atoms with Crippen LogP contribution in [0.1, 0.15) is 23.2 Å². The number of nitrogens with one attached hydrogen (secondary N) is 2. The van der Waals surface area contributed by atoms with Gasteiger partial charge in [-0.1, -0.05) is 30.3 Å².